The molecule has 0 atom stereocenters. The molecule has 1 rings (SSSR count). The number of carbonyl (C=O) groups is 1. The molecule has 0 heterocycles. The van der Waals surface area contributed by atoms with Gasteiger partial charge < -0.3 is 9.33 Å². The Morgan fingerprint density at radius 3 is 2.08 bits per heavy atom. The fraction of sp³-hybridized carbons (Fsp3) is 0.667. The molecular formula is C21H37NO2Si. The van der Waals surface area contributed by atoms with E-state index in [9.17, 15) is 4.79 Å². The number of anilines is 1. The number of nitrogens with zero attached hydrogens (tertiary/aromatic N) is 1. The first-order chi connectivity index (χ1) is 11.7. The lowest BCUT2D eigenvalue weighted by Crippen LogP contribution is -2.44. The second kappa shape index (κ2) is 9.42. The monoisotopic (exact) mass is 363 g/mol. The van der Waals surface area contributed by atoms with Crippen LogP contribution in [0.5, 0.6) is 5.75 Å². The SMILES string of the molecule is CCCCN(CCCC)c1ccc(C=O)c(O[Si](C)(C)C(C)(C)C)c1. The molecule has 1 aromatic carbocycles. The lowest BCUT2D eigenvalue weighted by Gasteiger charge is -2.37. The average molecular weight is 364 g/mol. The van der Waals surface area contributed by atoms with Gasteiger partial charge in [0.1, 0.15) is 5.75 Å². The molecule has 0 aromatic heterocycles. The Morgan fingerprint density at radius 1 is 1.08 bits per heavy atom. The van der Waals surface area contributed by atoms with Crippen LogP contribution in [0.1, 0.15) is 70.7 Å². The highest BCUT2D eigenvalue weighted by atomic mass is 28.4. The van der Waals surface area contributed by atoms with Gasteiger partial charge in [0.25, 0.3) is 8.32 Å². The number of hydrogen-bond acceptors (Lipinski definition) is 3. The Hall–Kier alpha value is -1.29. The third kappa shape index (κ3) is 6.18. The lowest BCUT2D eigenvalue weighted by atomic mass is 10.1. The Morgan fingerprint density at radius 2 is 1.64 bits per heavy atom. The first-order valence-electron chi connectivity index (χ1n) is 9.69. The highest BCUT2D eigenvalue weighted by Crippen LogP contribution is 2.39. The summed E-state index contributed by atoms with van der Waals surface area (Å²) in [6.45, 7) is 17.7. The van der Waals surface area contributed by atoms with Crippen LogP contribution >= 0.6 is 0 Å². The van der Waals surface area contributed by atoms with Crippen molar-refractivity contribution in [1.29, 1.82) is 0 Å². The van der Waals surface area contributed by atoms with Crippen molar-refractivity contribution in [3.63, 3.8) is 0 Å². The third-order valence-corrected chi connectivity index (χ3v) is 9.57. The van der Waals surface area contributed by atoms with Crippen LogP contribution in [-0.2, 0) is 0 Å². The predicted octanol–water partition coefficient (Wildman–Crippen LogP) is 6.29. The summed E-state index contributed by atoms with van der Waals surface area (Å²) in [6.07, 6.45) is 5.63. The van der Waals surface area contributed by atoms with Gasteiger partial charge in [-0.1, -0.05) is 47.5 Å². The van der Waals surface area contributed by atoms with E-state index in [1.54, 1.807) is 0 Å². The second-order valence-electron chi connectivity index (χ2n) is 8.40. The van der Waals surface area contributed by atoms with Gasteiger partial charge in [-0.3, -0.25) is 4.79 Å². The normalized spacial score (nSPS) is 12.1. The first-order valence-corrected chi connectivity index (χ1v) is 12.6. The summed E-state index contributed by atoms with van der Waals surface area (Å²) in [5, 5.41) is 0.104. The van der Waals surface area contributed by atoms with E-state index in [-0.39, 0.29) is 5.04 Å². The van der Waals surface area contributed by atoms with Crippen LogP contribution in [-0.4, -0.2) is 27.7 Å². The molecule has 0 saturated carbocycles. The number of benzene rings is 1. The molecule has 3 nitrogen and oxygen atoms in total. The van der Waals surface area contributed by atoms with Crippen LogP contribution in [0.4, 0.5) is 5.69 Å². The minimum absolute atomic E-state index is 0.104. The molecule has 142 valence electrons. The number of carbonyl (C=O) groups excluding carboxylic acids is 1. The summed E-state index contributed by atoms with van der Waals surface area (Å²) in [6, 6.07) is 6.05. The maximum Gasteiger partial charge on any atom is 0.250 e. The molecule has 0 aliphatic heterocycles. The van der Waals surface area contributed by atoms with Crippen molar-refractivity contribution in [3.8, 4) is 5.75 Å². The van der Waals surface area contributed by atoms with Crippen LogP contribution in [0.3, 0.4) is 0 Å². The van der Waals surface area contributed by atoms with Gasteiger partial charge >= 0.3 is 0 Å². The molecule has 0 amide bonds. The van der Waals surface area contributed by atoms with Gasteiger partial charge in [-0.25, -0.2) is 0 Å². The number of hydrogen-bond donors (Lipinski definition) is 0. The van der Waals surface area contributed by atoms with Gasteiger partial charge in [0, 0.05) is 24.8 Å². The number of aldehydes is 1. The summed E-state index contributed by atoms with van der Waals surface area (Å²) >= 11 is 0. The standard InChI is InChI=1S/C21H37NO2Si/c1-8-10-14-22(15-11-9-2)19-13-12-18(17-23)20(16-19)24-25(6,7)21(3,4)5/h12-13,16-17H,8-11,14-15H2,1-7H3. The van der Waals surface area contributed by atoms with Gasteiger partial charge in [0.15, 0.2) is 6.29 Å². The van der Waals surface area contributed by atoms with E-state index in [0.717, 1.165) is 25.1 Å². The van der Waals surface area contributed by atoms with Crippen molar-refractivity contribution < 1.29 is 9.22 Å². The lowest BCUT2D eigenvalue weighted by molar-refractivity contribution is 0.112. The van der Waals surface area contributed by atoms with Gasteiger partial charge in [0.2, 0.25) is 0 Å². The van der Waals surface area contributed by atoms with Crippen molar-refractivity contribution in [3.05, 3.63) is 23.8 Å². The van der Waals surface area contributed by atoms with E-state index in [1.807, 2.05) is 6.07 Å². The molecule has 0 spiro atoms. The highest BCUT2D eigenvalue weighted by molar-refractivity contribution is 6.74. The molecule has 0 radical (unpaired) electrons. The Balaban J connectivity index is 3.16. The molecule has 0 aliphatic carbocycles. The fourth-order valence-corrected chi connectivity index (χ4v) is 3.43. The number of rotatable bonds is 10. The Labute approximate surface area is 155 Å². The van der Waals surface area contributed by atoms with Crippen LogP contribution in [0.25, 0.3) is 0 Å². The summed E-state index contributed by atoms with van der Waals surface area (Å²) in [7, 11) is -1.98. The minimum atomic E-state index is -1.98. The molecule has 1 aromatic rings. The minimum Gasteiger partial charge on any atom is -0.543 e. The van der Waals surface area contributed by atoms with Gasteiger partial charge in [-0.05, 0) is 43.1 Å². The van der Waals surface area contributed by atoms with E-state index in [0.29, 0.717) is 5.56 Å². The second-order valence-corrected chi connectivity index (χ2v) is 13.1. The van der Waals surface area contributed by atoms with E-state index in [2.05, 4.69) is 64.7 Å². The highest BCUT2D eigenvalue weighted by Gasteiger charge is 2.39. The van der Waals surface area contributed by atoms with E-state index < -0.39 is 8.32 Å². The van der Waals surface area contributed by atoms with Crippen molar-refractivity contribution in [2.75, 3.05) is 18.0 Å². The van der Waals surface area contributed by atoms with Crippen molar-refractivity contribution in [1.82, 2.24) is 0 Å². The Kier molecular flexibility index (Phi) is 8.19. The Bertz CT molecular complexity index is 541. The largest absolute Gasteiger partial charge is 0.543 e. The molecule has 4 heteroatoms. The average Bonchev–Trinajstić information content (AvgIpc) is 2.53. The summed E-state index contributed by atoms with van der Waals surface area (Å²) in [5.41, 5.74) is 1.82. The quantitative estimate of drug-likeness (QED) is 0.361. The van der Waals surface area contributed by atoms with Gasteiger partial charge in [0.05, 0.1) is 5.56 Å². The van der Waals surface area contributed by atoms with Crippen molar-refractivity contribution >= 4 is 20.3 Å². The van der Waals surface area contributed by atoms with Crippen LogP contribution < -0.4 is 9.33 Å². The molecule has 0 bridgehead atoms. The van der Waals surface area contributed by atoms with Gasteiger partial charge in [-0.2, -0.15) is 0 Å². The van der Waals surface area contributed by atoms with Crippen LogP contribution in [0.2, 0.25) is 18.1 Å². The van der Waals surface area contributed by atoms with E-state index >= 15 is 0 Å². The smallest absolute Gasteiger partial charge is 0.250 e. The molecule has 0 saturated heterocycles. The topological polar surface area (TPSA) is 29.5 Å². The zero-order chi connectivity index (χ0) is 19.1. The maximum absolute atomic E-state index is 11.5. The van der Waals surface area contributed by atoms with E-state index in [4.69, 9.17) is 4.43 Å². The predicted molar refractivity (Wildman–Crippen MR) is 112 cm³/mol. The summed E-state index contributed by atoms with van der Waals surface area (Å²) < 4.78 is 6.47. The molecule has 25 heavy (non-hydrogen) atoms. The zero-order valence-electron chi connectivity index (χ0n) is 17.3. The van der Waals surface area contributed by atoms with Crippen LogP contribution in [0.15, 0.2) is 18.2 Å². The number of unbranched alkanes of at least 4 members (excludes halogenated alkanes) is 2. The first kappa shape index (κ1) is 21.7. The van der Waals surface area contributed by atoms with Gasteiger partial charge in [-0.15, -0.1) is 0 Å². The fourth-order valence-electron chi connectivity index (χ4n) is 2.40. The molecule has 0 N–H and O–H groups in total. The van der Waals surface area contributed by atoms with Crippen molar-refractivity contribution in [2.24, 2.45) is 0 Å². The zero-order valence-corrected chi connectivity index (χ0v) is 18.3. The third-order valence-electron chi connectivity index (χ3n) is 5.22. The van der Waals surface area contributed by atoms with Crippen LogP contribution in [0, 0.1) is 0 Å². The summed E-state index contributed by atoms with van der Waals surface area (Å²) in [4.78, 5) is 13.9. The molecule has 0 aliphatic rings. The van der Waals surface area contributed by atoms with Crippen molar-refractivity contribution in [2.45, 2.75) is 78.4 Å². The summed E-state index contributed by atoms with van der Waals surface area (Å²) in [5.74, 6) is 0.747. The molecule has 0 unspecified atom stereocenters. The molecule has 0 fully saturated rings. The maximum atomic E-state index is 11.5. The molecular weight excluding hydrogens is 326 g/mol. The van der Waals surface area contributed by atoms with E-state index in [1.165, 1.54) is 31.4 Å².